The van der Waals surface area contributed by atoms with Crippen LogP contribution in [-0.4, -0.2) is 25.8 Å². The summed E-state index contributed by atoms with van der Waals surface area (Å²) in [6.45, 7) is 11.8. The van der Waals surface area contributed by atoms with Crippen molar-refractivity contribution in [3.8, 4) is 0 Å². The van der Waals surface area contributed by atoms with Crippen LogP contribution in [0.15, 0.2) is 0 Å². The highest BCUT2D eigenvalue weighted by Gasteiger charge is 2.04. The summed E-state index contributed by atoms with van der Waals surface area (Å²) in [7, 11) is 0. The van der Waals surface area contributed by atoms with Crippen LogP contribution < -0.4 is 0 Å². The van der Waals surface area contributed by atoms with E-state index in [0.717, 1.165) is 26.1 Å². The summed E-state index contributed by atoms with van der Waals surface area (Å²) in [6.07, 6.45) is 89.0. The molecule has 0 bridgehead atoms. The molecule has 0 aromatic rings. The Bertz CT molecular complexity index is 918. The van der Waals surface area contributed by atoms with Gasteiger partial charge in [-0.05, 0) is 25.7 Å². The van der Waals surface area contributed by atoms with Crippen molar-refractivity contribution in [3.05, 3.63) is 0 Å². The van der Waals surface area contributed by atoms with E-state index in [4.69, 9.17) is 9.47 Å². The Hall–Kier alpha value is -0.570. The van der Waals surface area contributed by atoms with Gasteiger partial charge in [0.05, 0.1) is 6.61 Å². The molecule has 0 spiro atoms. The maximum absolute atomic E-state index is 12.0. The van der Waals surface area contributed by atoms with Crippen LogP contribution >= 0.6 is 0 Å². The van der Waals surface area contributed by atoms with Gasteiger partial charge in [-0.15, -0.1) is 0 Å². The number of esters is 1. The fourth-order valence-corrected chi connectivity index (χ4v) is 11.2. The van der Waals surface area contributed by atoms with Crippen molar-refractivity contribution in [2.24, 2.45) is 0 Å². The number of hydrogen-bond acceptors (Lipinski definition) is 3. The topological polar surface area (TPSA) is 35.5 Å². The Morgan fingerprint density at radius 2 is 0.333 bits per heavy atom. The monoisotopic (exact) mass is 1060 g/mol. The SMILES string of the molecule is CCCCCCCCCCCCCCCCCCCCCC(=O)OCCCCCCCCCCCCCCCCCC.CCCCCCCCCCCCCCCCOCCCCCCCCCCCCCCCC. The van der Waals surface area contributed by atoms with Gasteiger partial charge in [-0.1, -0.05) is 407 Å². The first kappa shape index (κ1) is 76.5. The number of unbranched alkanes of at least 4 members (excludes halogenated alkanes) is 59. The zero-order valence-electron chi connectivity index (χ0n) is 53.1. The van der Waals surface area contributed by atoms with Crippen molar-refractivity contribution in [2.75, 3.05) is 19.8 Å². The maximum atomic E-state index is 12.0. The Morgan fingerprint density at radius 3 is 0.520 bits per heavy atom. The molecule has 452 valence electrons. The Balaban J connectivity index is 0. The second-order valence-electron chi connectivity index (χ2n) is 24.4. The third kappa shape index (κ3) is 77.7. The van der Waals surface area contributed by atoms with E-state index < -0.39 is 0 Å². The van der Waals surface area contributed by atoms with Crippen LogP contribution in [0.2, 0.25) is 0 Å². The Kier molecular flexibility index (Phi) is 77.0. The molecule has 0 fully saturated rings. The summed E-state index contributed by atoms with van der Waals surface area (Å²) in [6, 6.07) is 0. The minimum atomic E-state index is 0.0305. The molecule has 75 heavy (non-hydrogen) atoms. The normalized spacial score (nSPS) is 11.4. The zero-order valence-corrected chi connectivity index (χ0v) is 53.1. The van der Waals surface area contributed by atoms with Gasteiger partial charge in [0.15, 0.2) is 0 Å². The molecular formula is C72H146O3. The first-order chi connectivity index (χ1) is 37.2. The number of hydrogen-bond donors (Lipinski definition) is 0. The minimum Gasteiger partial charge on any atom is -0.466 e. The molecule has 0 aromatic heterocycles. The predicted molar refractivity (Wildman–Crippen MR) is 340 cm³/mol. The lowest BCUT2D eigenvalue weighted by atomic mass is 10.0. The third-order valence-corrected chi connectivity index (χ3v) is 16.5. The van der Waals surface area contributed by atoms with Crippen LogP contribution in [0.1, 0.15) is 439 Å². The van der Waals surface area contributed by atoms with E-state index in [1.165, 1.54) is 392 Å². The molecule has 0 aliphatic heterocycles. The highest BCUT2D eigenvalue weighted by Crippen LogP contribution is 2.19. The summed E-state index contributed by atoms with van der Waals surface area (Å²) in [5.41, 5.74) is 0. The molecule has 0 aromatic carbocycles. The fourth-order valence-electron chi connectivity index (χ4n) is 11.2. The number of rotatable bonds is 67. The van der Waals surface area contributed by atoms with Crippen LogP contribution in [0.3, 0.4) is 0 Å². The summed E-state index contributed by atoms with van der Waals surface area (Å²) < 4.78 is 11.3. The summed E-state index contributed by atoms with van der Waals surface area (Å²) in [5.74, 6) is 0.0305. The molecule has 0 aliphatic rings. The van der Waals surface area contributed by atoms with E-state index in [1.807, 2.05) is 0 Å². The number of carbonyl (C=O) groups excluding carboxylic acids is 1. The summed E-state index contributed by atoms with van der Waals surface area (Å²) >= 11 is 0. The highest BCUT2D eigenvalue weighted by atomic mass is 16.5. The predicted octanol–water partition coefficient (Wildman–Crippen LogP) is 26.6. The molecule has 0 radical (unpaired) electrons. The largest absolute Gasteiger partial charge is 0.466 e. The van der Waals surface area contributed by atoms with Crippen LogP contribution in [0.25, 0.3) is 0 Å². The lowest BCUT2D eigenvalue weighted by molar-refractivity contribution is -0.143. The maximum Gasteiger partial charge on any atom is 0.305 e. The standard InChI is InChI=1S/C40H80O2.C32H66O/c1-3-5-7-9-11-13-15-17-19-21-22-23-24-26-28-30-32-34-36-38-40(41)42-39-37-35-33-31-29-27-25-20-18-16-14-12-10-8-6-4-2;1-3-5-7-9-11-13-15-17-19-21-23-25-27-29-31-33-32-30-28-26-24-22-20-18-16-14-12-10-8-6-4-2/h3-39H2,1-2H3;3-32H2,1-2H3. The van der Waals surface area contributed by atoms with Crippen molar-refractivity contribution >= 4 is 5.97 Å². The van der Waals surface area contributed by atoms with Gasteiger partial charge in [-0.2, -0.15) is 0 Å². The molecule has 0 unspecified atom stereocenters. The average molecular weight is 1060 g/mol. The van der Waals surface area contributed by atoms with Crippen molar-refractivity contribution in [1.29, 1.82) is 0 Å². The summed E-state index contributed by atoms with van der Waals surface area (Å²) in [5, 5.41) is 0. The molecule has 0 aliphatic carbocycles. The smallest absolute Gasteiger partial charge is 0.305 e. The molecule has 0 rings (SSSR count). The van der Waals surface area contributed by atoms with Gasteiger partial charge in [0.25, 0.3) is 0 Å². The second-order valence-corrected chi connectivity index (χ2v) is 24.4. The molecule has 0 N–H and O–H groups in total. The van der Waals surface area contributed by atoms with Crippen molar-refractivity contribution in [3.63, 3.8) is 0 Å². The van der Waals surface area contributed by atoms with Gasteiger partial charge in [0.2, 0.25) is 0 Å². The van der Waals surface area contributed by atoms with Crippen LogP contribution in [0.5, 0.6) is 0 Å². The van der Waals surface area contributed by atoms with Crippen LogP contribution in [0, 0.1) is 0 Å². The number of ether oxygens (including phenoxy) is 2. The van der Waals surface area contributed by atoms with Crippen LogP contribution in [-0.2, 0) is 14.3 Å². The van der Waals surface area contributed by atoms with E-state index in [-0.39, 0.29) is 5.97 Å². The van der Waals surface area contributed by atoms with Crippen LogP contribution in [0.4, 0.5) is 0 Å². The first-order valence-corrected chi connectivity index (χ1v) is 36.0. The van der Waals surface area contributed by atoms with Gasteiger partial charge < -0.3 is 9.47 Å². The van der Waals surface area contributed by atoms with Gasteiger partial charge >= 0.3 is 5.97 Å². The summed E-state index contributed by atoms with van der Waals surface area (Å²) in [4.78, 5) is 12.0. The molecular weight excluding hydrogens is 913 g/mol. The lowest BCUT2D eigenvalue weighted by Gasteiger charge is -2.06. The molecule has 0 heterocycles. The molecule has 0 atom stereocenters. The molecule has 3 heteroatoms. The second kappa shape index (κ2) is 75.5. The van der Waals surface area contributed by atoms with E-state index >= 15 is 0 Å². The van der Waals surface area contributed by atoms with E-state index in [1.54, 1.807) is 0 Å². The molecule has 0 amide bonds. The highest BCUT2D eigenvalue weighted by molar-refractivity contribution is 5.69. The zero-order chi connectivity index (χ0) is 54.4. The molecule has 3 nitrogen and oxygen atoms in total. The third-order valence-electron chi connectivity index (χ3n) is 16.5. The fraction of sp³-hybridized carbons (Fsp3) is 0.986. The lowest BCUT2D eigenvalue weighted by Crippen LogP contribution is -2.05. The van der Waals surface area contributed by atoms with Gasteiger partial charge in [0.1, 0.15) is 0 Å². The van der Waals surface area contributed by atoms with E-state index in [2.05, 4.69) is 27.7 Å². The van der Waals surface area contributed by atoms with Crippen molar-refractivity contribution in [2.45, 2.75) is 439 Å². The van der Waals surface area contributed by atoms with Crippen molar-refractivity contribution in [1.82, 2.24) is 0 Å². The van der Waals surface area contributed by atoms with Gasteiger partial charge in [0, 0.05) is 19.6 Å². The van der Waals surface area contributed by atoms with Gasteiger partial charge in [-0.25, -0.2) is 0 Å². The van der Waals surface area contributed by atoms with E-state index in [0.29, 0.717) is 13.0 Å². The Morgan fingerprint density at radius 1 is 0.187 bits per heavy atom. The van der Waals surface area contributed by atoms with Gasteiger partial charge in [-0.3, -0.25) is 4.79 Å². The van der Waals surface area contributed by atoms with E-state index in [9.17, 15) is 4.79 Å². The van der Waals surface area contributed by atoms with Crippen molar-refractivity contribution < 1.29 is 14.3 Å². The first-order valence-electron chi connectivity index (χ1n) is 36.0. The Labute approximate surface area is 476 Å². The molecule has 0 saturated heterocycles. The number of carbonyl (C=O) groups is 1. The quantitative estimate of drug-likeness (QED) is 0.0450. The minimum absolute atomic E-state index is 0.0305. The average Bonchev–Trinajstić information content (AvgIpc) is 3.42. The molecule has 0 saturated carbocycles.